The van der Waals surface area contributed by atoms with Gasteiger partial charge in [-0.15, -0.1) is 5.10 Å². The van der Waals surface area contributed by atoms with Crippen LogP contribution in [0, 0.1) is 13.8 Å². The van der Waals surface area contributed by atoms with E-state index in [9.17, 15) is 4.79 Å². The normalized spacial score (nSPS) is 14.3. The molecule has 35 heavy (non-hydrogen) atoms. The van der Waals surface area contributed by atoms with Crippen molar-refractivity contribution in [3.05, 3.63) is 65.7 Å². The molecule has 0 atom stereocenters. The van der Waals surface area contributed by atoms with Crippen molar-refractivity contribution in [1.82, 2.24) is 29.9 Å². The highest BCUT2D eigenvalue weighted by molar-refractivity contribution is 5.79. The van der Waals surface area contributed by atoms with E-state index in [4.69, 9.17) is 15.2 Å². The molecule has 10 nitrogen and oxygen atoms in total. The van der Waals surface area contributed by atoms with Gasteiger partial charge in [-0.1, -0.05) is 18.2 Å². The predicted molar refractivity (Wildman–Crippen MR) is 134 cm³/mol. The Morgan fingerprint density at radius 3 is 2.74 bits per heavy atom. The molecular formula is C25H28N8O2. The van der Waals surface area contributed by atoms with E-state index in [0.717, 1.165) is 65.3 Å². The number of pyridine rings is 1. The Morgan fingerprint density at radius 2 is 1.97 bits per heavy atom. The van der Waals surface area contributed by atoms with Crippen LogP contribution in [0.15, 0.2) is 48.9 Å². The third-order valence-electron chi connectivity index (χ3n) is 6.19. The summed E-state index contributed by atoms with van der Waals surface area (Å²) in [6, 6.07) is 12.2. The van der Waals surface area contributed by atoms with Gasteiger partial charge in [0.05, 0.1) is 0 Å². The smallest absolute Gasteiger partial charge is 0.404 e. The maximum Gasteiger partial charge on any atom is 0.404 e. The second-order valence-corrected chi connectivity index (χ2v) is 8.92. The van der Waals surface area contributed by atoms with Gasteiger partial charge in [0.1, 0.15) is 12.1 Å². The highest BCUT2D eigenvalue weighted by Crippen LogP contribution is 2.27. The molecule has 0 bridgehead atoms. The van der Waals surface area contributed by atoms with Crippen molar-refractivity contribution in [2.24, 2.45) is 0 Å². The second kappa shape index (κ2) is 9.57. The molecule has 1 amide bonds. The molecular weight excluding hydrogens is 444 g/mol. The number of nitrogens with one attached hydrogen (secondary N) is 2. The van der Waals surface area contributed by atoms with Crippen LogP contribution in [0.25, 0.3) is 16.8 Å². The van der Waals surface area contributed by atoms with Crippen LogP contribution < -0.4 is 15.5 Å². The Hall–Kier alpha value is -4.21. The molecule has 1 aliphatic rings. The Bertz CT molecular complexity index is 1360. The summed E-state index contributed by atoms with van der Waals surface area (Å²) in [4.78, 5) is 26.6. The average molecular weight is 473 g/mol. The fourth-order valence-electron chi connectivity index (χ4n) is 4.47. The van der Waals surface area contributed by atoms with E-state index in [1.807, 2.05) is 54.9 Å². The molecule has 1 saturated heterocycles. The van der Waals surface area contributed by atoms with Gasteiger partial charge in [-0.25, -0.2) is 19.3 Å². The minimum atomic E-state index is -1.04. The molecule has 4 heterocycles. The Balaban J connectivity index is 1.33. The van der Waals surface area contributed by atoms with Crippen molar-refractivity contribution in [3.63, 3.8) is 0 Å². The van der Waals surface area contributed by atoms with Crippen LogP contribution >= 0.6 is 0 Å². The van der Waals surface area contributed by atoms with Crippen LogP contribution in [0.3, 0.4) is 0 Å². The minimum Gasteiger partial charge on any atom is -0.465 e. The zero-order valence-corrected chi connectivity index (χ0v) is 19.8. The standard InChI is InChI=1S/C25H28N8O2/c1-16-10-21(19-5-3-4-18(12-19)13-26-25(34)35)23-30-24(31-33(23)14-16)29-20-6-8-32(9-7-20)22-11-17(2)27-15-28-22/h3-5,10-12,14-15,20,26H,6-9,13H2,1-2H3,(H,29,31)(H,34,35). The fraction of sp³-hybridized carbons (Fsp3) is 0.320. The molecule has 4 aromatic rings. The van der Waals surface area contributed by atoms with Crippen LogP contribution in [0.4, 0.5) is 16.6 Å². The zero-order valence-electron chi connectivity index (χ0n) is 19.8. The van der Waals surface area contributed by atoms with Gasteiger partial charge in [0, 0.05) is 49.2 Å². The second-order valence-electron chi connectivity index (χ2n) is 8.92. The number of carbonyl (C=O) groups is 1. The number of aryl methyl sites for hydroxylation is 2. The minimum absolute atomic E-state index is 0.248. The Labute approximate surface area is 203 Å². The van der Waals surface area contributed by atoms with Crippen LogP contribution in [0.2, 0.25) is 0 Å². The van der Waals surface area contributed by atoms with Crippen LogP contribution in [0.1, 0.15) is 29.7 Å². The maximum absolute atomic E-state index is 10.9. The zero-order chi connectivity index (χ0) is 24.4. The summed E-state index contributed by atoms with van der Waals surface area (Å²) in [5.41, 5.74) is 5.60. The molecule has 3 N–H and O–H groups in total. The van der Waals surface area contributed by atoms with Crippen molar-refractivity contribution in [2.45, 2.75) is 39.3 Å². The van der Waals surface area contributed by atoms with Crippen LogP contribution in [0.5, 0.6) is 0 Å². The summed E-state index contributed by atoms with van der Waals surface area (Å²) < 4.78 is 1.81. The van der Waals surface area contributed by atoms with Gasteiger partial charge in [0.2, 0.25) is 5.95 Å². The lowest BCUT2D eigenvalue weighted by molar-refractivity contribution is 0.194. The molecule has 10 heteroatoms. The van der Waals surface area contributed by atoms with E-state index in [2.05, 4.69) is 31.6 Å². The summed E-state index contributed by atoms with van der Waals surface area (Å²) in [6.07, 6.45) is 4.46. The van der Waals surface area contributed by atoms with Gasteiger partial charge in [-0.2, -0.15) is 4.98 Å². The quantitative estimate of drug-likeness (QED) is 0.389. The van der Waals surface area contributed by atoms with Crippen molar-refractivity contribution < 1.29 is 9.90 Å². The number of aromatic nitrogens is 5. The lowest BCUT2D eigenvalue weighted by Gasteiger charge is -2.32. The van der Waals surface area contributed by atoms with E-state index in [1.54, 1.807) is 6.33 Å². The predicted octanol–water partition coefficient (Wildman–Crippen LogP) is 3.65. The van der Waals surface area contributed by atoms with Crippen molar-refractivity contribution in [1.29, 1.82) is 0 Å². The highest BCUT2D eigenvalue weighted by atomic mass is 16.4. The van der Waals surface area contributed by atoms with E-state index in [1.165, 1.54) is 0 Å². The molecule has 3 aromatic heterocycles. The van der Waals surface area contributed by atoms with Gasteiger partial charge < -0.3 is 20.6 Å². The molecule has 1 aromatic carbocycles. The summed E-state index contributed by atoms with van der Waals surface area (Å²) >= 11 is 0. The van der Waals surface area contributed by atoms with Gasteiger partial charge in [0.25, 0.3) is 0 Å². The maximum atomic E-state index is 10.9. The van der Waals surface area contributed by atoms with Gasteiger partial charge >= 0.3 is 6.09 Å². The number of fused-ring (bicyclic) bond motifs is 1. The highest BCUT2D eigenvalue weighted by Gasteiger charge is 2.22. The van der Waals surface area contributed by atoms with E-state index in [-0.39, 0.29) is 12.6 Å². The number of nitrogens with zero attached hydrogens (tertiary/aromatic N) is 6. The first-order valence-corrected chi connectivity index (χ1v) is 11.7. The Morgan fingerprint density at radius 1 is 1.14 bits per heavy atom. The molecule has 1 aliphatic heterocycles. The number of hydrogen-bond acceptors (Lipinski definition) is 7. The summed E-state index contributed by atoms with van der Waals surface area (Å²) in [6.45, 7) is 6.07. The van der Waals surface area contributed by atoms with Crippen molar-refractivity contribution in [3.8, 4) is 11.1 Å². The molecule has 180 valence electrons. The van der Waals surface area contributed by atoms with Crippen LogP contribution in [-0.4, -0.2) is 54.9 Å². The summed E-state index contributed by atoms with van der Waals surface area (Å²) in [5.74, 6) is 1.58. The third-order valence-corrected chi connectivity index (χ3v) is 6.19. The van der Waals surface area contributed by atoms with E-state index in [0.29, 0.717) is 5.95 Å². The monoisotopic (exact) mass is 472 g/mol. The number of piperidine rings is 1. The van der Waals surface area contributed by atoms with Crippen molar-refractivity contribution in [2.75, 3.05) is 23.3 Å². The van der Waals surface area contributed by atoms with Crippen molar-refractivity contribution >= 4 is 23.5 Å². The lowest BCUT2D eigenvalue weighted by atomic mass is 10.0. The van der Waals surface area contributed by atoms with Gasteiger partial charge in [-0.3, -0.25) is 0 Å². The topological polar surface area (TPSA) is 121 Å². The first-order chi connectivity index (χ1) is 16.9. The third kappa shape index (κ3) is 5.16. The number of benzene rings is 1. The van der Waals surface area contributed by atoms with E-state index >= 15 is 0 Å². The van der Waals surface area contributed by atoms with Gasteiger partial charge in [-0.05, 0) is 55.5 Å². The SMILES string of the molecule is Cc1cc(-c2cccc(CNC(=O)O)c2)c2nc(NC3CCN(c4cc(C)ncn4)CC3)nn2c1. The molecule has 0 aliphatic carbocycles. The molecule has 0 radical (unpaired) electrons. The number of anilines is 2. The molecule has 0 saturated carbocycles. The number of rotatable bonds is 6. The van der Waals surface area contributed by atoms with E-state index < -0.39 is 6.09 Å². The first-order valence-electron chi connectivity index (χ1n) is 11.7. The first kappa shape index (κ1) is 22.6. The summed E-state index contributed by atoms with van der Waals surface area (Å²) in [5, 5.41) is 19.5. The number of amides is 1. The average Bonchev–Trinajstić information content (AvgIpc) is 3.25. The summed E-state index contributed by atoms with van der Waals surface area (Å²) in [7, 11) is 0. The van der Waals surface area contributed by atoms with Crippen LogP contribution in [-0.2, 0) is 6.54 Å². The molecule has 0 spiro atoms. The molecule has 0 unspecified atom stereocenters. The lowest BCUT2D eigenvalue weighted by Crippen LogP contribution is -2.39. The van der Waals surface area contributed by atoms with Gasteiger partial charge in [0.15, 0.2) is 5.65 Å². The largest absolute Gasteiger partial charge is 0.465 e. The number of hydrogen-bond donors (Lipinski definition) is 3. The fourth-order valence-corrected chi connectivity index (χ4v) is 4.47. The number of carboxylic acid groups (broad SMARTS) is 1. The molecule has 5 rings (SSSR count). The Kier molecular flexibility index (Phi) is 6.17. The molecule has 1 fully saturated rings.